The van der Waals surface area contributed by atoms with Crippen LogP contribution in [0.15, 0.2) is 30.0 Å². The van der Waals surface area contributed by atoms with E-state index in [-0.39, 0.29) is 23.8 Å². The van der Waals surface area contributed by atoms with Crippen molar-refractivity contribution in [2.75, 3.05) is 18.0 Å². The molecule has 2 aliphatic rings. The normalized spacial score (nSPS) is 21.8. The highest BCUT2D eigenvalue weighted by atomic mass is 32.1. The van der Waals surface area contributed by atoms with Gasteiger partial charge in [0.2, 0.25) is 0 Å². The van der Waals surface area contributed by atoms with E-state index in [0.717, 1.165) is 42.8 Å². The van der Waals surface area contributed by atoms with Crippen molar-refractivity contribution in [1.82, 2.24) is 19.9 Å². The molecule has 2 bridgehead atoms. The number of hydrogen-bond acceptors (Lipinski definition) is 6. The number of rotatable bonds is 3. The first kappa shape index (κ1) is 16.4. The number of Topliss-reactive ketones (excluding diaryl/α,β-unsaturated/α-hetero) is 1. The predicted molar refractivity (Wildman–Crippen MR) is 103 cm³/mol. The topological polar surface area (TPSA) is 82.2 Å². The van der Waals surface area contributed by atoms with E-state index in [1.807, 2.05) is 17.2 Å². The number of thiophene rings is 1. The molecule has 7 nitrogen and oxygen atoms in total. The molecule has 0 saturated carbocycles. The van der Waals surface area contributed by atoms with Crippen molar-refractivity contribution >= 4 is 39.9 Å². The zero-order valence-electron chi connectivity index (χ0n) is 14.9. The highest BCUT2D eigenvalue weighted by Gasteiger charge is 2.43. The summed E-state index contributed by atoms with van der Waals surface area (Å²) in [6.45, 7) is 3.07. The molecule has 2 saturated heterocycles. The molecular weight excluding hydrogens is 362 g/mol. The van der Waals surface area contributed by atoms with Gasteiger partial charge in [0.15, 0.2) is 5.78 Å². The maximum Gasteiger partial charge on any atom is 0.255 e. The molecule has 8 heteroatoms. The first-order valence-electron chi connectivity index (χ1n) is 9.07. The molecule has 5 heterocycles. The number of ketones is 1. The summed E-state index contributed by atoms with van der Waals surface area (Å²) in [4.78, 5) is 41.5. The van der Waals surface area contributed by atoms with Gasteiger partial charge < -0.3 is 14.8 Å². The monoisotopic (exact) mass is 381 g/mol. The SMILES string of the molecule is CC(=O)c1cc(C(=O)N2C3CCC2CN(c2ncnc4[nH]ccc24)C3)cs1. The highest BCUT2D eigenvalue weighted by Crippen LogP contribution is 2.35. The van der Waals surface area contributed by atoms with Crippen molar-refractivity contribution in [3.05, 3.63) is 40.5 Å². The van der Waals surface area contributed by atoms with Crippen LogP contribution in [0.5, 0.6) is 0 Å². The molecule has 5 rings (SSSR count). The third-order valence-electron chi connectivity index (χ3n) is 5.54. The molecule has 3 aromatic rings. The van der Waals surface area contributed by atoms with Gasteiger partial charge in [-0.25, -0.2) is 9.97 Å². The Morgan fingerprint density at radius 3 is 2.70 bits per heavy atom. The molecule has 1 N–H and O–H groups in total. The third-order valence-corrected chi connectivity index (χ3v) is 6.57. The van der Waals surface area contributed by atoms with E-state index in [2.05, 4.69) is 19.9 Å². The van der Waals surface area contributed by atoms with Crippen LogP contribution in [-0.4, -0.2) is 56.7 Å². The van der Waals surface area contributed by atoms with Crippen LogP contribution in [0.1, 0.15) is 39.8 Å². The van der Waals surface area contributed by atoms with E-state index in [9.17, 15) is 9.59 Å². The lowest BCUT2D eigenvalue weighted by Crippen LogP contribution is -2.56. The summed E-state index contributed by atoms with van der Waals surface area (Å²) in [5.41, 5.74) is 1.46. The van der Waals surface area contributed by atoms with Gasteiger partial charge in [0.1, 0.15) is 17.8 Å². The maximum atomic E-state index is 13.1. The minimum absolute atomic E-state index is 0.00567. The smallest absolute Gasteiger partial charge is 0.255 e. The van der Waals surface area contributed by atoms with Gasteiger partial charge in [-0.3, -0.25) is 9.59 Å². The average Bonchev–Trinajstić information content (AvgIpc) is 3.38. The van der Waals surface area contributed by atoms with Gasteiger partial charge in [0.25, 0.3) is 5.91 Å². The highest BCUT2D eigenvalue weighted by molar-refractivity contribution is 7.12. The predicted octanol–water partition coefficient (Wildman–Crippen LogP) is 2.72. The quantitative estimate of drug-likeness (QED) is 0.706. The average molecular weight is 381 g/mol. The number of anilines is 1. The van der Waals surface area contributed by atoms with Gasteiger partial charge in [-0.05, 0) is 31.9 Å². The largest absolute Gasteiger partial charge is 0.352 e. The lowest BCUT2D eigenvalue weighted by Gasteiger charge is -2.41. The number of amides is 1. The second-order valence-corrected chi connectivity index (χ2v) is 8.11. The molecule has 27 heavy (non-hydrogen) atoms. The fourth-order valence-corrected chi connectivity index (χ4v) is 5.08. The fourth-order valence-electron chi connectivity index (χ4n) is 4.30. The Labute approximate surface area is 160 Å². The van der Waals surface area contributed by atoms with Crippen LogP contribution < -0.4 is 4.90 Å². The number of fused-ring (bicyclic) bond motifs is 3. The number of carbonyl (C=O) groups is 2. The van der Waals surface area contributed by atoms with Gasteiger partial charge in [-0.15, -0.1) is 11.3 Å². The molecule has 1 amide bonds. The maximum absolute atomic E-state index is 13.1. The lowest BCUT2D eigenvalue weighted by atomic mass is 10.1. The lowest BCUT2D eigenvalue weighted by molar-refractivity contribution is 0.0642. The van der Waals surface area contributed by atoms with Crippen LogP contribution in [0.2, 0.25) is 0 Å². The number of piperazine rings is 1. The molecule has 0 aromatic carbocycles. The van der Waals surface area contributed by atoms with E-state index in [4.69, 9.17) is 0 Å². The van der Waals surface area contributed by atoms with Crippen LogP contribution in [0, 0.1) is 0 Å². The zero-order valence-corrected chi connectivity index (χ0v) is 15.7. The summed E-state index contributed by atoms with van der Waals surface area (Å²) in [5.74, 6) is 0.978. The molecule has 138 valence electrons. The van der Waals surface area contributed by atoms with E-state index in [1.54, 1.807) is 17.8 Å². The van der Waals surface area contributed by atoms with Gasteiger partial charge >= 0.3 is 0 Å². The van der Waals surface area contributed by atoms with Crippen LogP contribution in [0.25, 0.3) is 11.0 Å². The van der Waals surface area contributed by atoms with E-state index in [1.165, 1.54) is 18.3 Å². The Morgan fingerprint density at radius 1 is 1.22 bits per heavy atom. The van der Waals surface area contributed by atoms with Crippen molar-refractivity contribution in [2.45, 2.75) is 31.8 Å². The molecule has 2 atom stereocenters. The number of aromatic nitrogens is 3. The van der Waals surface area contributed by atoms with Crippen LogP contribution in [0.3, 0.4) is 0 Å². The molecule has 0 spiro atoms. The van der Waals surface area contributed by atoms with Gasteiger partial charge in [-0.2, -0.15) is 0 Å². The molecule has 2 unspecified atom stereocenters. The number of aromatic amines is 1. The summed E-state index contributed by atoms with van der Waals surface area (Å²) in [6.07, 6.45) is 5.46. The summed E-state index contributed by atoms with van der Waals surface area (Å²) in [7, 11) is 0. The summed E-state index contributed by atoms with van der Waals surface area (Å²) < 4.78 is 0. The van der Waals surface area contributed by atoms with Crippen molar-refractivity contribution in [2.24, 2.45) is 0 Å². The van der Waals surface area contributed by atoms with E-state index >= 15 is 0 Å². The Kier molecular flexibility index (Phi) is 3.75. The minimum Gasteiger partial charge on any atom is -0.352 e. The molecule has 2 aliphatic heterocycles. The van der Waals surface area contributed by atoms with Gasteiger partial charge in [0.05, 0.1) is 27.9 Å². The summed E-state index contributed by atoms with van der Waals surface area (Å²) in [5, 5.41) is 2.82. The van der Waals surface area contributed by atoms with Crippen LogP contribution in [0.4, 0.5) is 5.82 Å². The van der Waals surface area contributed by atoms with Gasteiger partial charge in [0, 0.05) is 24.7 Å². The van der Waals surface area contributed by atoms with Crippen molar-refractivity contribution < 1.29 is 9.59 Å². The van der Waals surface area contributed by atoms with Crippen LogP contribution in [-0.2, 0) is 0 Å². The van der Waals surface area contributed by atoms with E-state index < -0.39 is 0 Å². The van der Waals surface area contributed by atoms with Crippen molar-refractivity contribution in [1.29, 1.82) is 0 Å². The van der Waals surface area contributed by atoms with Crippen LogP contribution >= 0.6 is 11.3 Å². The number of H-pyrrole nitrogens is 1. The second kappa shape index (κ2) is 6.16. The van der Waals surface area contributed by atoms with Crippen molar-refractivity contribution in [3.63, 3.8) is 0 Å². The van der Waals surface area contributed by atoms with Gasteiger partial charge in [-0.1, -0.05) is 0 Å². The Morgan fingerprint density at radius 2 is 2.00 bits per heavy atom. The number of hydrogen-bond donors (Lipinski definition) is 1. The Bertz CT molecular complexity index is 1030. The molecule has 0 radical (unpaired) electrons. The summed E-state index contributed by atoms with van der Waals surface area (Å²) in [6, 6.07) is 4.06. The standard InChI is InChI=1S/C19H19N5O2S/c1-11(25)16-6-12(9-27-16)19(26)24-13-2-3-14(24)8-23(7-13)18-15-4-5-20-17(15)21-10-22-18/h4-6,9-10,13-14H,2-3,7-8H2,1H3,(H,20,21,22). The molecule has 3 aromatic heterocycles. The first-order chi connectivity index (χ1) is 13.1. The summed E-state index contributed by atoms with van der Waals surface area (Å²) >= 11 is 1.34. The van der Waals surface area contributed by atoms with E-state index in [0.29, 0.717) is 10.4 Å². The fraction of sp³-hybridized carbons (Fsp3) is 0.368. The molecule has 0 aliphatic carbocycles. The molecular formula is C19H19N5O2S. The second-order valence-electron chi connectivity index (χ2n) is 7.20. The Hall–Kier alpha value is -2.74. The number of nitrogens with one attached hydrogen (secondary N) is 1. The molecule has 2 fully saturated rings. The minimum atomic E-state index is 0.00567. The number of carbonyl (C=O) groups excluding carboxylic acids is 2. The Balaban J connectivity index is 1.41. The third kappa shape index (κ3) is 2.63. The number of nitrogens with zero attached hydrogens (tertiary/aromatic N) is 4. The zero-order chi connectivity index (χ0) is 18.5. The first-order valence-corrected chi connectivity index (χ1v) is 9.95. The van der Waals surface area contributed by atoms with Crippen molar-refractivity contribution in [3.8, 4) is 0 Å².